The number of nitrogens with one attached hydrogen (secondary N) is 3. The average Bonchev–Trinajstić information content (AvgIpc) is 2.34. The number of piperidine rings is 1. The molecule has 0 spiro atoms. The number of carbonyl (C=O) groups excluding carboxylic acids is 2. The number of amides is 2. The minimum atomic E-state index is -0.112. The molecule has 2 amide bonds. The van der Waals surface area contributed by atoms with Crippen LogP contribution in [0.2, 0.25) is 0 Å². The van der Waals surface area contributed by atoms with Crippen LogP contribution in [0.25, 0.3) is 0 Å². The third-order valence-electron chi connectivity index (χ3n) is 2.66. The van der Waals surface area contributed by atoms with E-state index in [1.54, 1.807) is 0 Å². The number of carbonyl (C=O) groups is 2. The third-order valence-corrected chi connectivity index (χ3v) is 2.66. The number of rotatable bonds is 5. The number of hydrogen-bond donors (Lipinski definition) is 3. The Morgan fingerprint density at radius 2 is 2.19 bits per heavy atom. The van der Waals surface area contributed by atoms with Gasteiger partial charge >= 0.3 is 0 Å². The standard InChI is InChI=1S/C11H21N3O2/c1-2-5-13-10(15)8-14-11(16)9-4-3-6-12-7-9/h9,12H,2-8H2,1H3,(H,13,15)(H,14,16). The molecule has 3 N–H and O–H groups in total. The second kappa shape index (κ2) is 7.22. The molecule has 5 nitrogen and oxygen atoms in total. The van der Waals surface area contributed by atoms with E-state index in [2.05, 4.69) is 16.0 Å². The van der Waals surface area contributed by atoms with Gasteiger partial charge < -0.3 is 16.0 Å². The summed E-state index contributed by atoms with van der Waals surface area (Å²) >= 11 is 0. The lowest BCUT2D eigenvalue weighted by atomic mass is 9.99. The molecule has 0 saturated carbocycles. The molecule has 1 aliphatic rings. The van der Waals surface area contributed by atoms with Crippen LogP contribution in [0.15, 0.2) is 0 Å². The van der Waals surface area contributed by atoms with Crippen molar-refractivity contribution in [3.8, 4) is 0 Å². The van der Waals surface area contributed by atoms with Crippen molar-refractivity contribution < 1.29 is 9.59 Å². The fourth-order valence-corrected chi connectivity index (χ4v) is 1.71. The monoisotopic (exact) mass is 227 g/mol. The Kier molecular flexibility index (Phi) is 5.85. The van der Waals surface area contributed by atoms with Crippen molar-refractivity contribution in [1.82, 2.24) is 16.0 Å². The molecule has 0 aromatic heterocycles. The maximum Gasteiger partial charge on any atom is 0.239 e. The molecule has 16 heavy (non-hydrogen) atoms. The Morgan fingerprint density at radius 1 is 1.38 bits per heavy atom. The topological polar surface area (TPSA) is 70.2 Å². The molecule has 1 heterocycles. The Hall–Kier alpha value is -1.10. The van der Waals surface area contributed by atoms with Crippen LogP contribution in [-0.4, -0.2) is 38.0 Å². The summed E-state index contributed by atoms with van der Waals surface area (Å²) in [6.45, 7) is 4.46. The highest BCUT2D eigenvalue weighted by Gasteiger charge is 2.20. The van der Waals surface area contributed by atoms with Crippen LogP contribution in [0.4, 0.5) is 0 Å². The van der Waals surface area contributed by atoms with E-state index >= 15 is 0 Å². The lowest BCUT2D eigenvalue weighted by Gasteiger charge is -2.21. The summed E-state index contributed by atoms with van der Waals surface area (Å²) in [5, 5.41) is 8.57. The quantitative estimate of drug-likeness (QED) is 0.600. The predicted octanol–water partition coefficient (Wildman–Crippen LogP) is -0.372. The van der Waals surface area contributed by atoms with Gasteiger partial charge in [0.05, 0.1) is 12.5 Å². The summed E-state index contributed by atoms with van der Waals surface area (Å²) < 4.78 is 0. The van der Waals surface area contributed by atoms with E-state index in [1.165, 1.54) is 0 Å². The van der Waals surface area contributed by atoms with E-state index in [-0.39, 0.29) is 24.3 Å². The smallest absolute Gasteiger partial charge is 0.239 e. The van der Waals surface area contributed by atoms with Crippen LogP contribution in [0.3, 0.4) is 0 Å². The van der Waals surface area contributed by atoms with Crippen molar-refractivity contribution in [2.24, 2.45) is 5.92 Å². The summed E-state index contributed by atoms with van der Waals surface area (Å²) in [6.07, 6.45) is 2.85. The molecule has 0 aliphatic carbocycles. The Balaban J connectivity index is 2.15. The molecule has 0 aromatic carbocycles. The summed E-state index contributed by atoms with van der Waals surface area (Å²) in [4.78, 5) is 22.9. The minimum absolute atomic E-state index is 0.0150. The number of hydrogen-bond acceptors (Lipinski definition) is 3. The molecule has 92 valence electrons. The fraction of sp³-hybridized carbons (Fsp3) is 0.818. The molecule has 1 aliphatic heterocycles. The summed E-state index contributed by atoms with van der Waals surface area (Å²) in [6, 6.07) is 0. The van der Waals surface area contributed by atoms with Gasteiger partial charge in [-0.3, -0.25) is 9.59 Å². The van der Waals surface area contributed by atoms with Crippen molar-refractivity contribution >= 4 is 11.8 Å². The average molecular weight is 227 g/mol. The molecule has 0 bridgehead atoms. The fourth-order valence-electron chi connectivity index (χ4n) is 1.71. The van der Waals surface area contributed by atoms with Crippen LogP contribution >= 0.6 is 0 Å². The summed E-state index contributed by atoms with van der Waals surface area (Å²) in [5.74, 6) is -0.106. The van der Waals surface area contributed by atoms with Crippen molar-refractivity contribution in [3.63, 3.8) is 0 Å². The molecule has 1 rings (SSSR count). The maximum absolute atomic E-state index is 11.6. The van der Waals surface area contributed by atoms with Gasteiger partial charge in [-0.2, -0.15) is 0 Å². The molecular formula is C11H21N3O2. The van der Waals surface area contributed by atoms with Crippen molar-refractivity contribution in [2.75, 3.05) is 26.2 Å². The molecule has 0 radical (unpaired) electrons. The molecule has 5 heteroatoms. The van der Waals surface area contributed by atoms with Crippen LogP contribution in [0.1, 0.15) is 26.2 Å². The molecular weight excluding hydrogens is 206 g/mol. The molecule has 0 aromatic rings. The zero-order valence-electron chi connectivity index (χ0n) is 9.84. The lowest BCUT2D eigenvalue weighted by Crippen LogP contribution is -2.44. The first kappa shape index (κ1) is 13.0. The Bertz CT molecular complexity index is 237. The highest BCUT2D eigenvalue weighted by atomic mass is 16.2. The summed E-state index contributed by atoms with van der Waals surface area (Å²) in [5.41, 5.74) is 0. The Labute approximate surface area is 96.4 Å². The lowest BCUT2D eigenvalue weighted by molar-refractivity contribution is -0.128. The SMILES string of the molecule is CCCNC(=O)CNC(=O)C1CCCNC1. The first-order valence-corrected chi connectivity index (χ1v) is 5.99. The second-order valence-electron chi connectivity index (χ2n) is 4.11. The van der Waals surface area contributed by atoms with E-state index in [0.29, 0.717) is 6.54 Å². The van der Waals surface area contributed by atoms with Crippen LogP contribution in [0, 0.1) is 5.92 Å². The highest BCUT2D eigenvalue weighted by molar-refractivity contribution is 5.85. The van der Waals surface area contributed by atoms with Crippen molar-refractivity contribution in [3.05, 3.63) is 0 Å². The molecule has 1 atom stereocenters. The first-order valence-electron chi connectivity index (χ1n) is 5.99. The third kappa shape index (κ3) is 4.61. The second-order valence-corrected chi connectivity index (χ2v) is 4.11. The normalized spacial score (nSPS) is 20.2. The van der Waals surface area contributed by atoms with Gasteiger partial charge in [0.2, 0.25) is 11.8 Å². The molecule has 1 fully saturated rings. The van der Waals surface area contributed by atoms with Gasteiger partial charge in [0, 0.05) is 13.1 Å². The first-order chi connectivity index (χ1) is 7.74. The van der Waals surface area contributed by atoms with Gasteiger partial charge in [0.1, 0.15) is 0 Å². The molecule has 1 unspecified atom stereocenters. The minimum Gasteiger partial charge on any atom is -0.355 e. The highest BCUT2D eigenvalue weighted by Crippen LogP contribution is 2.09. The van der Waals surface area contributed by atoms with Crippen LogP contribution in [0.5, 0.6) is 0 Å². The van der Waals surface area contributed by atoms with Crippen LogP contribution in [-0.2, 0) is 9.59 Å². The van der Waals surface area contributed by atoms with Gasteiger partial charge in [0.15, 0.2) is 0 Å². The van der Waals surface area contributed by atoms with Gasteiger partial charge in [-0.1, -0.05) is 6.92 Å². The summed E-state index contributed by atoms with van der Waals surface area (Å²) in [7, 11) is 0. The van der Waals surface area contributed by atoms with E-state index in [9.17, 15) is 9.59 Å². The van der Waals surface area contributed by atoms with Gasteiger partial charge in [-0.05, 0) is 25.8 Å². The zero-order chi connectivity index (χ0) is 11.8. The molecule has 1 saturated heterocycles. The zero-order valence-corrected chi connectivity index (χ0v) is 9.84. The van der Waals surface area contributed by atoms with Crippen molar-refractivity contribution in [2.45, 2.75) is 26.2 Å². The van der Waals surface area contributed by atoms with E-state index in [4.69, 9.17) is 0 Å². The van der Waals surface area contributed by atoms with E-state index in [0.717, 1.165) is 32.4 Å². The largest absolute Gasteiger partial charge is 0.355 e. The Morgan fingerprint density at radius 3 is 2.81 bits per heavy atom. The van der Waals surface area contributed by atoms with E-state index < -0.39 is 0 Å². The van der Waals surface area contributed by atoms with E-state index in [1.807, 2.05) is 6.92 Å². The maximum atomic E-state index is 11.6. The van der Waals surface area contributed by atoms with Gasteiger partial charge in [-0.15, -0.1) is 0 Å². The van der Waals surface area contributed by atoms with Gasteiger partial charge in [0.25, 0.3) is 0 Å². The van der Waals surface area contributed by atoms with Gasteiger partial charge in [-0.25, -0.2) is 0 Å². The van der Waals surface area contributed by atoms with Crippen LogP contribution < -0.4 is 16.0 Å². The van der Waals surface area contributed by atoms with Crippen molar-refractivity contribution in [1.29, 1.82) is 0 Å². The predicted molar refractivity (Wildman–Crippen MR) is 61.9 cm³/mol.